The number of halogens is 1. The van der Waals surface area contributed by atoms with E-state index >= 15 is 0 Å². The number of hydrogen-bond acceptors (Lipinski definition) is 4. The number of carbonyl (C=O) groups excluding carboxylic acids is 2. The third kappa shape index (κ3) is 5.70. The normalized spacial score (nSPS) is 25.3. The van der Waals surface area contributed by atoms with Crippen LogP contribution in [0.15, 0.2) is 41.4 Å². The van der Waals surface area contributed by atoms with Crippen LogP contribution in [-0.2, 0) is 16.0 Å². The fourth-order valence-corrected chi connectivity index (χ4v) is 5.27. The summed E-state index contributed by atoms with van der Waals surface area (Å²) >= 11 is 0. The minimum absolute atomic E-state index is 0. The molecule has 1 aromatic rings. The molecule has 2 fully saturated rings. The van der Waals surface area contributed by atoms with Gasteiger partial charge in [0.15, 0.2) is 5.96 Å². The largest absolute Gasteiger partial charge is 0.497 e. The van der Waals surface area contributed by atoms with Gasteiger partial charge in [0.25, 0.3) is 0 Å². The number of aryl methyl sites for hydroxylation is 1. The van der Waals surface area contributed by atoms with Gasteiger partial charge in [0.05, 0.1) is 18.9 Å². The Balaban J connectivity index is 0.00000306. The summed E-state index contributed by atoms with van der Waals surface area (Å²) in [5.74, 6) is 2.04. The zero-order chi connectivity index (χ0) is 22.5. The standard InChI is InChI=1S/C25H34N4O3.HI/c1-3-26-25(27-12-5-8-17-7-4-9-20(15-17)32-2)28-13-6-14-29-23(30)21-18-10-11-19(16-18)22(21)24(29)31;/h4,7,9-11,15,18-19,21-22H,3,5-6,8,12-14,16H2,1-2H3,(H2,26,27,28);1H. The first-order valence-electron chi connectivity index (χ1n) is 11.8. The highest BCUT2D eigenvalue weighted by molar-refractivity contribution is 14.0. The number of methoxy groups -OCH3 is 1. The van der Waals surface area contributed by atoms with Crippen LogP contribution in [0.1, 0.15) is 31.7 Å². The van der Waals surface area contributed by atoms with Crippen LogP contribution in [0.5, 0.6) is 5.75 Å². The van der Waals surface area contributed by atoms with Crippen LogP contribution in [0.25, 0.3) is 0 Å². The maximum atomic E-state index is 12.8. The van der Waals surface area contributed by atoms with Crippen molar-refractivity contribution in [2.75, 3.05) is 33.3 Å². The number of hydrogen-bond donors (Lipinski definition) is 2. The van der Waals surface area contributed by atoms with Crippen molar-refractivity contribution >= 4 is 41.8 Å². The smallest absolute Gasteiger partial charge is 0.233 e. The molecular formula is C25H35IN4O3. The van der Waals surface area contributed by atoms with Gasteiger partial charge < -0.3 is 15.4 Å². The second-order valence-corrected chi connectivity index (χ2v) is 8.82. The number of nitrogens with zero attached hydrogens (tertiary/aromatic N) is 2. The van der Waals surface area contributed by atoms with Gasteiger partial charge in [-0.2, -0.15) is 0 Å². The molecule has 1 aliphatic heterocycles. The first-order chi connectivity index (χ1) is 15.6. The number of fused-ring (bicyclic) bond motifs is 5. The van der Waals surface area contributed by atoms with Crippen LogP contribution >= 0.6 is 24.0 Å². The van der Waals surface area contributed by atoms with Gasteiger partial charge in [-0.05, 0) is 62.1 Å². The van der Waals surface area contributed by atoms with Gasteiger partial charge in [-0.25, -0.2) is 0 Å². The summed E-state index contributed by atoms with van der Waals surface area (Å²) in [7, 11) is 1.68. The van der Waals surface area contributed by atoms with Crippen molar-refractivity contribution in [1.82, 2.24) is 15.5 Å². The maximum Gasteiger partial charge on any atom is 0.233 e. The van der Waals surface area contributed by atoms with Gasteiger partial charge in [-0.15, -0.1) is 24.0 Å². The van der Waals surface area contributed by atoms with Crippen LogP contribution in [-0.4, -0.2) is 56.0 Å². The molecule has 2 amide bonds. The van der Waals surface area contributed by atoms with Crippen molar-refractivity contribution in [1.29, 1.82) is 0 Å². The predicted octanol–water partition coefficient (Wildman–Crippen LogP) is 3.00. The van der Waals surface area contributed by atoms with E-state index in [-0.39, 0.29) is 59.5 Å². The summed E-state index contributed by atoms with van der Waals surface area (Å²) in [6.07, 6.45) is 7.86. The van der Waals surface area contributed by atoms with E-state index in [2.05, 4.69) is 39.9 Å². The molecule has 7 nitrogen and oxygen atoms in total. The molecule has 1 heterocycles. The minimum atomic E-state index is -0.107. The first-order valence-corrected chi connectivity index (χ1v) is 11.8. The molecule has 4 rings (SSSR count). The lowest BCUT2D eigenvalue weighted by molar-refractivity contribution is -0.140. The van der Waals surface area contributed by atoms with Crippen molar-refractivity contribution < 1.29 is 14.3 Å². The molecule has 4 unspecified atom stereocenters. The molecule has 1 aromatic carbocycles. The zero-order valence-corrected chi connectivity index (χ0v) is 21.8. The summed E-state index contributed by atoms with van der Waals surface area (Å²) in [6.45, 7) is 4.66. The summed E-state index contributed by atoms with van der Waals surface area (Å²) in [4.78, 5) is 31.6. The van der Waals surface area contributed by atoms with Crippen molar-refractivity contribution in [2.24, 2.45) is 28.7 Å². The molecule has 2 bridgehead atoms. The van der Waals surface area contributed by atoms with E-state index < -0.39 is 0 Å². The molecule has 4 atom stereocenters. The Morgan fingerprint density at radius 3 is 2.52 bits per heavy atom. The van der Waals surface area contributed by atoms with Gasteiger partial charge in [-0.3, -0.25) is 19.5 Å². The molecule has 3 aliphatic rings. The lowest BCUT2D eigenvalue weighted by atomic mass is 9.85. The third-order valence-electron chi connectivity index (χ3n) is 6.78. The Morgan fingerprint density at radius 1 is 1.12 bits per heavy atom. The van der Waals surface area contributed by atoms with Gasteiger partial charge >= 0.3 is 0 Å². The molecule has 180 valence electrons. The molecule has 2 N–H and O–H groups in total. The minimum Gasteiger partial charge on any atom is -0.497 e. The van der Waals surface area contributed by atoms with E-state index in [1.165, 1.54) is 10.5 Å². The quantitative estimate of drug-likeness (QED) is 0.114. The number of allylic oxidation sites excluding steroid dienone is 2. The highest BCUT2D eigenvalue weighted by Gasteiger charge is 2.58. The van der Waals surface area contributed by atoms with Crippen LogP contribution in [0, 0.1) is 23.7 Å². The average molecular weight is 566 g/mol. The van der Waals surface area contributed by atoms with Gasteiger partial charge in [0, 0.05) is 26.2 Å². The lowest BCUT2D eigenvalue weighted by Gasteiger charge is -2.17. The van der Waals surface area contributed by atoms with Crippen molar-refractivity contribution in [3.05, 3.63) is 42.0 Å². The van der Waals surface area contributed by atoms with E-state index in [9.17, 15) is 9.59 Å². The van der Waals surface area contributed by atoms with E-state index in [0.29, 0.717) is 19.5 Å². The summed E-state index contributed by atoms with van der Waals surface area (Å²) in [5.41, 5.74) is 1.25. The van der Waals surface area contributed by atoms with E-state index in [1.807, 2.05) is 19.1 Å². The number of ether oxygens (including phenoxy) is 1. The fraction of sp³-hybridized carbons (Fsp3) is 0.560. The van der Waals surface area contributed by atoms with Gasteiger partial charge in [-0.1, -0.05) is 24.3 Å². The van der Waals surface area contributed by atoms with E-state index in [1.54, 1.807) is 7.11 Å². The molecule has 2 aliphatic carbocycles. The van der Waals surface area contributed by atoms with Gasteiger partial charge in [0.2, 0.25) is 11.8 Å². The van der Waals surface area contributed by atoms with Crippen LogP contribution in [0.4, 0.5) is 0 Å². The van der Waals surface area contributed by atoms with Crippen LogP contribution < -0.4 is 15.4 Å². The summed E-state index contributed by atoms with van der Waals surface area (Å²) in [5, 5.41) is 6.63. The number of carbonyl (C=O) groups is 2. The topological polar surface area (TPSA) is 83.0 Å². The Hall–Kier alpha value is -2.10. The highest BCUT2D eigenvalue weighted by atomic mass is 127. The molecule has 0 radical (unpaired) electrons. The molecule has 0 aromatic heterocycles. The third-order valence-corrected chi connectivity index (χ3v) is 6.78. The monoisotopic (exact) mass is 566 g/mol. The maximum absolute atomic E-state index is 12.8. The Bertz CT molecular complexity index is 873. The van der Waals surface area contributed by atoms with Crippen molar-refractivity contribution in [3.63, 3.8) is 0 Å². The number of nitrogens with one attached hydrogen (secondary N) is 2. The molecule has 1 saturated carbocycles. The number of rotatable bonds is 10. The Labute approximate surface area is 213 Å². The fourth-order valence-electron chi connectivity index (χ4n) is 5.27. The van der Waals surface area contributed by atoms with E-state index in [4.69, 9.17) is 4.74 Å². The second kappa shape index (κ2) is 11.9. The number of imide groups is 1. The lowest BCUT2D eigenvalue weighted by Crippen LogP contribution is -2.38. The number of guanidine groups is 1. The van der Waals surface area contributed by atoms with Gasteiger partial charge in [0.1, 0.15) is 5.75 Å². The number of benzene rings is 1. The van der Waals surface area contributed by atoms with Crippen LogP contribution in [0.2, 0.25) is 0 Å². The molecule has 33 heavy (non-hydrogen) atoms. The number of aliphatic imine (C=N–C) groups is 1. The molecule has 8 heteroatoms. The number of likely N-dealkylation sites (tertiary alicyclic amines) is 1. The van der Waals surface area contributed by atoms with E-state index in [0.717, 1.165) is 44.1 Å². The van der Waals surface area contributed by atoms with Crippen molar-refractivity contribution in [3.8, 4) is 5.75 Å². The molecular weight excluding hydrogens is 531 g/mol. The highest BCUT2D eigenvalue weighted by Crippen LogP contribution is 2.52. The summed E-state index contributed by atoms with van der Waals surface area (Å²) < 4.78 is 5.28. The van der Waals surface area contributed by atoms with Crippen LogP contribution in [0.3, 0.4) is 0 Å². The SMILES string of the molecule is CCNC(=NCCCN1C(=O)C2C3C=CC(C3)C2C1=O)NCCCc1cccc(OC)c1.I. The first kappa shape index (κ1) is 25.5. The van der Waals surface area contributed by atoms with Crippen molar-refractivity contribution in [2.45, 2.75) is 32.6 Å². The molecule has 0 spiro atoms. The Kier molecular flexibility index (Phi) is 9.17. The number of amides is 2. The summed E-state index contributed by atoms with van der Waals surface area (Å²) in [6, 6.07) is 8.14. The average Bonchev–Trinajstić information content (AvgIpc) is 3.49. The predicted molar refractivity (Wildman–Crippen MR) is 140 cm³/mol. The molecule has 1 saturated heterocycles. The Morgan fingerprint density at radius 2 is 1.85 bits per heavy atom. The second-order valence-electron chi connectivity index (χ2n) is 8.82. The zero-order valence-electron chi connectivity index (χ0n) is 19.5.